The Bertz CT molecular complexity index is 682. The minimum Gasteiger partial charge on any atom is -0.497 e. The average Bonchev–Trinajstić information content (AvgIpc) is 2.54. The van der Waals surface area contributed by atoms with E-state index in [0.29, 0.717) is 11.3 Å². The molecular weight excluding hydrogens is 280 g/mol. The van der Waals surface area contributed by atoms with Crippen molar-refractivity contribution in [3.05, 3.63) is 65.7 Å². The van der Waals surface area contributed by atoms with Crippen molar-refractivity contribution in [1.82, 2.24) is 0 Å². The van der Waals surface area contributed by atoms with Gasteiger partial charge in [0.1, 0.15) is 11.5 Å². The van der Waals surface area contributed by atoms with Crippen LogP contribution in [0.2, 0.25) is 0 Å². The van der Waals surface area contributed by atoms with Gasteiger partial charge in [0.2, 0.25) is 0 Å². The maximum absolute atomic E-state index is 11.7. The zero-order chi connectivity index (χ0) is 15.9. The number of benzene rings is 2. The molecule has 4 nitrogen and oxygen atoms in total. The van der Waals surface area contributed by atoms with E-state index in [2.05, 4.69) is 0 Å². The predicted octanol–water partition coefficient (Wildman–Crippen LogP) is 3.52. The summed E-state index contributed by atoms with van der Waals surface area (Å²) < 4.78 is 10.2. The summed E-state index contributed by atoms with van der Waals surface area (Å²) in [7, 11) is 1.60. The number of ether oxygens (including phenoxy) is 2. The molecule has 0 unspecified atom stereocenters. The van der Waals surface area contributed by atoms with Gasteiger partial charge in [-0.2, -0.15) is 0 Å². The highest BCUT2D eigenvalue weighted by atomic mass is 16.5. The first-order valence-electron chi connectivity index (χ1n) is 6.73. The normalized spacial score (nSPS) is 10.5. The van der Waals surface area contributed by atoms with Crippen LogP contribution in [0.25, 0.3) is 6.08 Å². The first kappa shape index (κ1) is 15.5. The summed E-state index contributed by atoms with van der Waals surface area (Å²) >= 11 is 0. The molecule has 2 aromatic carbocycles. The Balaban J connectivity index is 1.96. The summed E-state index contributed by atoms with van der Waals surface area (Å²) in [4.78, 5) is 22.9. The smallest absolute Gasteiger partial charge is 0.336 e. The van der Waals surface area contributed by atoms with Gasteiger partial charge in [0, 0.05) is 11.6 Å². The minimum atomic E-state index is -0.480. The fourth-order valence-electron chi connectivity index (χ4n) is 1.79. The molecule has 0 saturated carbocycles. The summed E-state index contributed by atoms with van der Waals surface area (Å²) in [6, 6.07) is 13.7. The third kappa shape index (κ3) is 4.31. The van der Waals surface area contributed by atoms with Gasteiger partial charge >= 0.3 is 5.97 Å². The van der Waals surface area contributed by atoms with Crippen molar-refractivity contribution in [2.45, 2.75) is 6.92 Å². The van der Waals surface area contributed by atoms with Crippen molar-refractivity contribution in [3.63, 3.8) is 0 Å². The van der Waals surface area contributed by atoms with Gasteiger partial charge in [-0.05, 0) is 55.0 Å². The van der Waals surface area contributed by atoms with Gasteiger partial charge in [-0.25, -0.2) is 4.79 Å². The summed E-state index contributed by atoms with van der Waals surface area (Å²) in [6.45, 7) is 1.48. The molecule has 0 bridgehead atoms. The van der Waals surface area contributed by atoms with Crippen LogP contribution in [0.1, 0.15) is 22.8 Å². The van der Waals surface area contributed by atoms with E-state index < -0.39 is 5.97 Å². The lowest BCUT2D eigenvalue weighted by molar-refractivity contribution is -0.128. The van der Waals surface area contributed by atoms with Crippen LogP contribution < -0.4 is 9.47 Å². The standard InChI is InChI=1S/C18H16O4/c1-13(19)15-6-10-17(11-7-15)22-18(20)12-5-14-3-8-16(21-2)9-4-14/h3-12H,1-2H3/b12-5+. The number of esters is 1. The topological polar surface area (TPSA) is 52.6 Å². The highest BCUT2D eigenvalue weighted by Gasteiger charge is 2.03. The maximum atomic E-state index is 11.7. The SMILES string of the molecule is COc1ccc(/C=C/C(=O)Oc2ccc(C(C)=O)cc2)cc1. The van der Waals surface area contributed by atoms with Gasteiger partial charge in [-0.3, -0.25) is 4.79 Å². The number of hydrogen-bond donors (Lipinski definition) is 0. The van der Waals surface area contributed by atoms with Crippen LogP contribution in [0.15, 0.2) is 54.6 Å². The van der Waals surface area contributed by atoms with Crippen LogP contribution in [0.5, 0.6) is 11.5 Å². The van der Waals surface area contributed by atoms with Gasteiger partial charge in [0.05, 0.1) is 7.11 Å². The first-order valence-corrected chi connectivity index (χ1v) is 6.73. The summed E-state index contributed by atoms with van der Waals surface area (Å²) in [6.07, 6.45) is 3.01. The lowest BCUT2D eigenvalue weighted by Crippen LogP contribution is -2.03. The van der Waals surface area contributed by atoms with Crippen LogP contribution in [0.4, 0.5) is 0 Å². The highest BCUT2D eigenvalue weighted by Crippen LogP contribution is 2.14. The van der Waals surface area contributed by atoms with E-state index in [1.165, 1.54) is 13.0 Å². The van der Waals surface area contributed by atoms with E-state index in [9.17, 15) is 9.59 Å². The molecule has 4 heteroatoms. The molecule has 0 aromatic heterocycles. The molecule has 0 N–H and O–H groups in total. The summed E-state index contributed by atoms with van der Waals surface area (Å²) in [5, 5.41) is 0. The predicted molar refractivity (Wildman–Crippen MR) is 84.1 cm³/mol. The molecule has 0 aliphatic rings. The zero-order valence-corrected chi connectivity index (χ0v) is 12.4. The molecule has 22 heavy (non-hydrogen) atoms. The number of carbonyl (C=O) groups excluding carboxylic acids is 2. The van der Waals surface area contributed by atoms with Crippen molar-refractivity contribution in [2.75, 3.05) is 7.11 Å². The summed E-state index contributed by atoms with van der Waals surface area (Å²) in [5.41, 5.74) is 1.44. The Morgan fingerprint density at radius 1 is 0.909 bits per heavy atom. The molecule has 0 fully saturated rings. The third-order valence-corrected chi connectivity index (χ3v) is 3.01. The fraction of sp³-hybridized carbons (Fsp3) is 0.111. The second-order valence-corrected chi connectivity index (χ2v) is 4.61. The monoisotopic (exact) mass is 296 g/mol. The maximum Gasteiger partial charge on any atom is 0.336 e. The van der Waals surface area contributed by atoms with E-state index in [1.54, 1.807) is 37.5 Å². The number of Topliss-reactive ketones (excluding diaryl/α,β-unsaturated/α-hetero) is 1. The van der Waals surface area contributed by atoms with E-state index >= 15 is 0 Å². The molecule has 0 heterocycles. The van der Waals surface area contributed by atoms with E-state index in [-0.39, 0.29) is 5.78 Å². The number of rotatable bonds is 5. The Hall–Kier alpha value is -2.88. The molecular formula is C18H16O4. The van der Waals surface area contributed by atoms with Crippen molar-refractivity contribution in [2.24, 2.45) is 0 Å². The zero-order valence-electron chi connectivity index (χ0n) is 12.4. The quantitative estimate of drug-likeness (QED) is 0.367. The fourth-order valence-corrected chi connectivity index (χ4v) is 1.79. The highest BCUT2D eigenvalue weighted by molar-refractivity contribution is 5.94. The molecule has 0 amide bonds. The Labute approximate surface area is 129 Å². The third-order valence-electron chi connectivity index (χ3n) is 3.01. The Morgan fingerprint density at radius 2 is 1.50 bits per heavy atom. The molecule has 0 radical (unpaired) electrons. The van der Waals surface area contributed by atoms with Gasteiger partial charge < -0.3 is 9.47 Å². The molecule has 0 spiro atoms. The van der Waals surface area contributed by atoms with Crippen LogP contribution in [0, 0.1) is 0 Å². The molecule has 0 atom stereocenters. The van der Waals surface area contributed by atoms with Gasteiger partial charge in [-0.1, -0.05) is 12.1 Å². The average molecular weight is 296 g/mol. The lowest BCUT2D eigenvalue weighted by Gasteiger charge is -2.02. The molecule has 0 saturated heterocycles. The number of ketones is 1. The van der Waals surface area contributed by atoms with Crippen molar-refractivity contribution >= 4 is 17.8 Å². The Morgan fingerprint density at radius 3 is 2.05 bits per heavy atom. The molecule has 0 aliphatic carbocycles. The van der Waals surface area contributed by atoms with Crippen LogP contribution in [-0.2, 0) is 4.79 Å². The second-order valence-electron chi connectivity index (χ2n) is 4.61. The van der Waals surface area contributed by atoms with Crippen LogP contribution >= 0.6 is 0 Å². The second kappa shape index (κ2) is 7.22. The molecule has 2 rings (SSSR count). The van der Waals surface area contributed by atoms with E-state index in [1.807, 2.05) is 24.3 Å². The van der Waals surface area contributed by atoms with Crippen molar-refractivity contribution in [1.29, 1.82) is 0 Å². The van der Waals surface area contributed by atoms with Crippen LogP contribution in [-0.4, -0.2) is 18.9 Å². The molecule has 0 aliphatic heterocycles. The largest absolute Gasteiger partial charge is 0.497 e. The van der Waals surface area contributed by atoms with Gasteiger partial charge in [0.25, 0.3) is 0 Å². The molecule has 112 valence electrons. The van der Waals surface area contributed by atoms with Crippen LogP contribution in [0.3, 0.4) is 0 Å². The minimum absolute atomic E-state index is 0.0303. The first-order chi connectivity index (χ1) is 10.6. The van der Waals surface area contributed by atoms with Gasteiger partial charge in [-0.15, -0.1) is 0 Å². The van der Waals surface area contributed by atoms with Crippen molar-refractivity contribution < 1.29 is 19.1 Å². The van der Waals surface area contributed by atoms with Gasteiger partial charge in [0.15, 0.2) is 5.78 Å². The van der Waals surface area contributed by atoms with E-state index in [4.69, 9.17) is 9.47 Å². The van der Waals surface area contributed by atoms with E-state index in [0.717, 1.165) is 11.3 Å². The lowest BCUT2D eigenvalue weighted by atomic mass is 10.1. The number of hydrogen-bond acceptors (Lipinski definition) is 4. The molecule has 2 aromatic rings. The summed E-state index contributed by atoms with van der Waals surface area (Å²) in [5.74, 6) is 0.642. The number of methoxy groups -OCH3 is 1. The van der Waals surface area contributed by atoms with Crippen molar-refractivity contribution in [3.8, 4) is 11.5 Å². The Kier molecular flexibility index (Phi) is 5.09. The number of carbonyl (C=O) groups is 2.